The second-order valence-electron chi connectivity index (χ2n) is 6.03. The van der Waals surface area contributed by atoms with Gasteiger partial charge in [-0.15, -0.1) is 0 Å². The van der Waals surface area contributed by atoms with Gasteiger partial charge in [-0.1, -0.05) is 0 Å². The normalized spacial score (nSPS) is 15.7. The van der Waals surface area contributed by atoms with Crippen molar-refractivity contribution in [3.63, 3.8) is 0 Å². The van der Waals surface area contributed by atoms with E-state index in [0.29, 0.717) is 22.1 Å². The topological polar surface area (TPSA) is 86.3 Å². The highest BCUT2D eigenvalue weighted by atomic mass is 19.3. The minimum Gasteiger partial charge on any atom is -0.381 e. The monoisotopic (exact) mass is 362 g/mol. The molecule has 8 nitrogen and oxygen atoms in total. The Morgan fingerprint density at radius 1 is 1.23 bits per heavy atom. The molecule has 0 radical (unpaired) electrons. The summed E-state index contributed by atoms with van der Waals surface area (Å²) >= 11 is 0. The molecule has 4 rings (SSSR count). The molecule has 1 saturated heterocycles. The summed E-state index contributed by atoms with van der Waals surface area (Å²) in [5, 5.41) is 6.02. The van der Waals surface area contributed by atoms with Crippen LogP contribution in [0.25, 0.3) is 5.65 Å². The SMILES string of the molecule is O=C(Nc1cn2cc(C3CCOCC3)nc2cn1)c1cnn(C(F)F)c1. The molecule has 0 aromatic carbocycles. The molecular weight excluding hydrogens is 346 g/mol. The van der Waals surface area contributed by atoms with E-state index in [1.54, 1.807) is 16.8 Å². The van der Waals surface area contributed by atoms with Crippen molar-refractivity contribution >= 4 is 17.4 Å². The zero-order valence-electron chi connectivity index (χ0n) is 13.7. The number of rotatable bonds is 4. The first-order chi connectivity index (χ1) is 12.6. The fourth-order valence-corrected chi connectivity index (χ4v) is 2.92. The fraction of sp³-hybridized carbons (Fsp3) is 0.375. The third kappa shape index (κ3) is 3.27. The number of anilines is 1. The van der Waals surface area contributed by atoms with Gasteiger partial charge in [0.15, 0.2) is 5.65 Å². The van der Waals surface area contributed by atoms with Crippen molar-refractivity contribution in [2.75, 3.05) is 18.5 Å². The van der Waals surface area contributed by atoms with Crippen molar-refractivity contribution in [2.45, 2.75) is 25.3 Å². The molecular formula is C16H16F2N6O2. The molecule has 0 unspecified atom stereocenters. The summed E-state index contributed by atoms with van der Waals surface area (Å²) in [6, 6.07) is 0. The molecule has 3 aromatic rings. The van der Waals surface area contributed by atoms with E-state index in [-0.39, 0.29) is 5.56 Å². The lowest BCUT2D eigenvalue weighted by Crippen LogP contribution is -2.14. The fourth-order valence-electron chi connectivity index (χ4n) is 2.92. The third-order valence-electron chi connectivity index (χ3n) is 4.30. The largest absolute Gasteiger partial charge is 0.381 e. The summed E-state index contributed by atoms with van der Waals surface area (Å²) in [6.45, 7) is -1.34. The molecule has 1 fully saturated rings. The molecule has 0 saturated carbocycles. The number of nitrogens with one attached hydrogen (secondary N) is 1. The van der Waals surface area contributed by atoms with Gasteiger partial charge in [-0.25, -0.2) is 14.6 Å². The summed E-state index contributed by atoms with van der Waals surface area (Å²) < 4.78 is 32.7. The number of amides is 1. The quantitative estimate of drug-likeness (QED) is 0.770. The van der Waals surface area contributed by atoms with Crippen molar-refractivity contribution in [3.8, 4) is 0 Å². The summed E-state index contributed by atoms with van der Waals surface area (Å²) in [7, 11) is 0. The van der Waals surface area contributed by atoms with E-state index in [9.17, 15) is 13.6 Å². The van der Waals surface area contributed by atoms with Crippen LogP contribution in [0.2, 0.25) is 0 Å². The highest BCUT2D eigenvalue weighted by molar-refractivity contribution is 6.03. The van der Waals surface area contributed by atoms with E-state index >= 15 is 0 Å². The molecule has 3 aromatic heterocycles. The van der Waals surface area contributed by atoms with Crippen molar-refractivity contribution in [2.24, 2.45) is 0 Å². The number of hydrogen-bond acceptors (Lipinski definition) is 5. The van der Waals surface area contributed by atoms with Gasteiger partial charge in [-0.3, -0.25) is 4.79 Å². The van der Waals surface area contributed by atoms with Gasteiger partial charge in [-0.2, -0.15) is 13.9 Å². The number of halogens is 2. The van der Waals surface area contributed by atoms with Crippen LogP contribution in [-0.4, -0.2) is 43.3 Å². The van der Waals surface area contributed by atoms with Gasteiger partial charge in [0.1, 0.15) is 5.82 Å². The number of alkyl halides is 2. The Labute approximate surface area is 146 Å². The second-order valence-corrected chi connectivity index (χ2v) is 6.03. The van der Waals surface area contributed by atoms with Crippen LogP contribution in [0.3, 0.4) is 0 Å². The predicted molar refractivity (Wildman–Crippen MR) is 87.2 cm³/mol. The summed E-state index contributed by atoms with van der Waals surface area (Å²) in [4.78, 5) is 20.9. The molecule has 1 aliphatic rings. The molecule has 136 valence electrons. The number of fused-ring (bicyclic) bond motifs is 1. The first-order valence-electron chi connectivity index (χ1n) is 8.16. The average molecular weight is 362 g/mol. The molecule has 0 atom stereocenters. The van der Waals surface area contributed by atoms with Gasteiger partial charge >= 0.3 is 6.55 Å². The first-order valence-corrected chi connectivity index (χ1v) is 8.16. The predicted octanol–water partition coefficient (Wildman–Crippen LogP) is 2.47. The first kappa shape index (κ1) is 16.6. The molecule has 0 aliphatic carbocycles. The lowest BCUT2D eigenvalue weighted by molar-refractivity contribution is 0.0565. The molecule has 1 amide bonds. The lowest BCUT2D eigenvalue weighted by Gasteiger charge is -2.19. The van der Waals surface area contributed by atoms with Crippen molar-refractivity contribution in [1.82, 2.24) is 24.1 Å². The average Bonchev–Trinajstić information content (AvgIpc) is 3.29. The van der Waals surface area contributed by atoms with Crippen LogP contribution in [0.1, 0.15) is 41.4 Å². The van der Waals surface area contributed by atoms with Gasteiger partial charge in [0.25, 0.3) is 5.91 Å². The Kier molecular flexibility index (Phi) is 4.33. The van der Waals surface area contributed by atoms with E-state index in [2.05, 4.69) is 20.4 Å². The van der Waals surface area contributed by atoms with Gasteiger partial charge in [0.2, 0.25) is 0 Å². The summed E-state index contributed by atoms with van der Waals surface area (Å²) in [5.41, 5.74) is 1.67. The number of hydrogen-bond donors (Lipinski definition) is 1. The highest BCUT2D eigenvalue weighted by Crippen LogP contribution is 2.26. The van der Waals surface area contributed by atoms with E-state index in [1.807, 2.05) is 6.20 Å². The van der Waals surface area contributed by atoms with Crippen LogP contribution >= 0.6 is 0 Å². The lowest BCUT2D eigenvalue weighted by atomic mass is 9.97. The molecule has 0 spiro atoms. The number of ether oxygens (including phenoxy) is 1. The summed E-state index contributed by atoms with van der Waals surface area (Å²) in [6.07, 6.45) is 9.03. The van der Waals surface area contributed by atoms with Crippen molar-refractivity contribution in [1.29, 1.82) is 0 Å². The van der Waals surface area contributed by atoms with Crippen molar-refractivity contribution < 1.29 is 18.3 Å². The maximum atomic E-state index is 12.5. The standard InChI is InChI=1S/C16H16F2N6O2/c17-16(18)24-7-11(5-20-24)15(25)22-13-9-23-8-12(21-14(23)6-19-13)10-1-3-26-4-2-10/h5-10,16H,1-4H2,(H,22,25). The second kappa shape index (κ2) is 6.79. The molecule has 4 heterocycles. The highest BCUT2D eigenvalue weighted by Gasteiger charge is 2.19. The number of carbonyl (C=O) groups is 1. The molecule has 1 N–H and O–H groups in total. The molecule has 26 heavy (non-hydrogen) atoms. The number of nitrogens with zero attached hydrogens (tertiary/aromatic N) is 5. The van der Waals surface area contributed by atoms with Crippen LogP contribution in [-0.2, 0) is 4.74 Å². The van der Waals surface area contributed by atoms with E-state index < -0.39 is 12.5 Å². The Morgan fingerprint density at radius 3 is 2.77 bits per heavy atom. The molecule has 1 aliphatic heterocycles. The Balaban J connectivity index is 1.52. The van der Waals surface area contributed by atoms with Crippen molar-refractivity contribution in [3.05, 3.63) is 42.2 Å². The minimum atomic E-state index is -2.79. The Hall–Kier alpha value is -2.88. The number of imidazole rings is 1. The molecule has 0 bridgehead atoms. The smallest absolute Gasteiger partial charge is 0.333 e. The Bertz CT molecular complexity index is 932. The number of aromatic nitrogens is 5. The Morgan fingerprint density at radius 2 is 2.04 bits per heavy atom. The van der Waals surface area contributed by atoms with Crippen LogP contribution in [0.4, 0.5) is 14.6 Å². The van der Waals surface area contributed by atoms with Crippen LogP contribution in [0.5, 0.6) is 0 Å². The van der Waals surface area contributed by atoms with Crippen LogP contribution < -0.4 is 5.32 Å². The van der Waals surface area contributed by atoms with Gasteiger partial charge in [0.05, 0.1) is 29.8 Å². The van der Waals surface area contributed by atoms with Gasteiger partial charge in [-0.05, 0) is 12.8 Å². The zero-order valence-corrected chi connectivity index (χ0v) is 13.7. The van der Waals surface area contributed by atoms with Crippen LogP contribution in [0.15, 0.2) is 31.0 Å². The third-order valence-corrected chi connectivity index (χ3v) is 4.30. The van der Waals surface area contributed by atoms with Gasteiger partial charge in [0, 0.05) is 31.5 Å². The maximum Gasteiger partial charge on any atom is 0.333 e. The number of carbonyl (C=O) groups excluding carboxylic acids is 1. The van der Waals surface area contributed by atoms with E-state index in [4.69, 9.17) is 4.74 Å². The minimum absolute atomic E-state index is 0.0284. The van der Waals surface area contributed by atoms with E-state index in [0.717, 1.165) is 44.1 Å². The zero-order chi connectivity index (χ0) is 18.1. The maximum absolute atomic E-state index is 12.5. The summed E-state index contributed by atoms with van der Waals surface area (Å²) in [5.74, 6) is 0.0821. The van der Waals surface area contributed by atoms with Gasteiger partial charge < -0.3 is 14.5 Å². The van der Waals surface area contributed by atoms with E-state index in [1.165, 1.54) is 0 Å². The van der Waals surface area contributed by atoms with Crippen LogP contribution in [0, 0.1) is 0 Å². The molecule has 10 heteroatoms.